The number of azo groups is 1. The first-order valence-corrected chi connectivity index (χ1v) is 14.4. The van der Waals surface area contributed by atoms with Crippen molar-refractivity contribution >= 4 is 71.2 Å². The van der Waals surface area contributed by atoms with Crippen LogP contribution in [0.3, 0.4) is 0 Å². The molecule has 0 unspecified atom stereocenters. The second kappa shape index (κ2) is 10.6. The number of hydrogen-bond acceptors (Lipinski definition) is 12. The molecule has 206 valence electrons. The molecule has 0 saturated carbocycles. The second-order valence-electron chi connectivity index (χ2n) is 7.63. The van der Waals surface area contributed by atoms with Gasteiger partial charge in [-0.3, -0.25) is 28.8 Å². The standard InChI is InChI=1S/C20H17N5O11S3/c1-11-7-12(21-2)3-5-14(11)23-24-17-10-19(38(31,32)33)16(9-20(17)39(34,35)36)22-15-6-4-13(25(26)27)8-18(15)37(28,29)30/h3-10,22H,2H2,1H3,(H,28,29,30)(H,31,32,33)(H,34,35,36). The molecule has 0 heterocycles. The first kappa shape index (κ1) is 29.4. The van der Waals surface area contributed by atoms with Crippen molar-refractivity contribution in [3.63, 3.8) is 0 Å². The van der Waals surface area contributed by atoms with Crippen molar-refractivity contribution in [3.05, 3.63) is 64.2 Å². The van der Waals surface area contributed by atoms with E-state index in [1.807, 2.05) is 0 Å². The Balaban J connectivity index is 2.26. The number of nitrogens with one attached hydrogen (secondary N) is 1. The maximum Gasteiger partial charge on any atom is 0.296 e. The highest BCUT2D eigenvalue weighted by molar-refractivity contribution is 7.86. The number of non-ortho nitro benzene ring substituents is 1. The van der Waals surface area contributed by atoms with E-state index in [-0.39, 0.29) is 5.69 Å². The van der Waals surface area contributed by atoms with Gasteiger partial charge in [-0.05, 0) is 55.6 Å². The highest BCUT2D eigenvalue weighted by Gasteiger charge is 2.27. The van der Waals surface area contributed by atoms with E-state index < -0.39 is 72.7 Å². The fourth-order valence-corrected chi connectivity index (χ4v) is 5.14. The lowest BCUT2D eigenvalue weighted by atomic mass is 10.2. The van der Waals surface area contributed by atoms with Gasteiger partial charge in [0.15, 0.2) is 0 Å². The van der Waals surface area contributed by atoms with Gasteiger partial charge in [0.25, 0.3) is 36.0 Å². The van der Waals surface area contributed by atoms with Gasteiger partial charge >= 0.3 is 0 Å². The van der Waals surface area contributed by atoms with Gasteiger partial charge < -0.3 is 5.32 Å². The summed E-state index contributed by atoms with van der Waals surface area (Å²) in [4.78, 5) is 10.6. The minimum atomic E-state index is -5.19. The Hall–Kier alpha value is -4.14. The number of nitro benzene ring substituents is 1. The molecule has 3 aromatic carbocycles. The van der Waals surface area contributed by atoms with E-state index in [4.69, 9.17) is 0 Å². The molecule has 39 heavy (non-hydrogen) atoms. The molecule has 16 nitrogen and oxygen atoms in total. The van der Waals surface area contributed by atoms with Gasteiger partial charge in [-0.15, -0.1) is 5.11 Å². The largest absolute Gasteiger partial charge is 0.353 e. The summed E-state index contributed by atoms with van der Waals surface area (Å²) in [7, 11) is -15.5. The lowest BCUT2D eigenvalue weighted by molar-refractivity contribution is -0.385. The molecule has 3 aromatic rings. The first-order chi connectivity index (χ1) is 17.9. The number of nitrogens with zero attached hydrogens (tertiary/aromatic N) is 4. The summed E-state index contributed by atoms with van der Waals surface area (Å²) in [5.74, 6) is 0. The predicted molar refractivity (Wildman–Crippen MR) is 137 cm³/mol. The average Bonchev–Trinajstić information content (AvgIpc) is 2.81. The normalized spacial score (nSPS) is 12.4. The summed E-state index contributed by atoms with van der Waals surface area (Å²) in [6, 6.07) is 7.57. The van der Waals surface area contributed by atoms with Crippen LogP contribution in [0.4, 0.5) is 34.1 Å². The number of benzene rings is 3. The van der Waals surface area contributed by atoms with Crippen molar-refractivity contribution in [2.75, 3.05) is 5.32 Å². The van der Waals surface area contributed by atoms with Crippen LogP contribution in [0.25, 0.3) is 0 Å². The van der Waals surface area contributed by atoms with Gasteiger partial charge in [0, 0.05) is 12.1 Å². The van der Waals surface area contributed by atoms with E-state index in [0.717, 1.165) is 12.1 Å². The smallest absolute Gasteiger partial charge is 0.296 e. The van der Waals surface area contributed by atoms with Crippen LogP contribution in [0.15, 0.2) is 78.4 Å². The van der Waals surface area contributed by atoms with E-state index in [1.165, 1.54) is 12.1 Å². The van der Waals surface area contributed by atoms with Crippen LogP contribution >= 0.6 is 0 Å². The topological polar surface area (TPSA) is 255 Å². The van der Waals surface area contributed by atoms with Crippen LogP contribution in [0.2, 0.25) is 0 Å². The second-order valence-corrected chi connectivity index (χ2v) is 11.8. The third-order valence-corrected chi connectivity index (χ3v) is 7.64. The molecule has 0 atom stereocenters. The fraction of sp³-hybridized carbons (Fsp3) is 0.0500. The third-order valence-electron chi connectivity index (χ3n) is 4.97. The predicted octanol–water partition coefficient (Wildman–Crippen LogP) is 4.13. The van der Waals surface area contributed by atoms with Crippen molar-refractivity contribution in [2.24, 2.45) is 15.2 Å². The molecule has 0 amide bonds. The van der Waals surface area contributed by atoms with Gasteiger partial charge in [0.1, 0.15) is 20.4 Å². The molecule has 0 spiro atoms. The third kappa shape index (κ3) is 6.85. The molecule has 4 N–H and O–H groups in total. The van der Waals surface area contributed by atoms with E-state index >= 15 is 0 Å². The minimum absolute atomic E-state index is 0.197. The first-order valence-electron chi connectivity index (χ1n) is 10.1. The molecule has 0 aliphatic rings. The Kier molecular flexibility index (Phi) is 7.96. The van der Waals surface area contributed by atoms with Crippen LogP contribution in [0, 0.1) is 17.0 Å². The molecule has 19 heteroatoms. The number of aliphatic imine (C=N–C) groups is 1. The lowest BCUT2D eigenvalue weighted by Crippen LogP contribution is -2.09. The van der Waals surface area contributed by atoms with Crippen molar-refractivity contribution in [1.29, 1.82) is 0 Å². The zero-order valence-corrected chi connectivity index (χ0v) is 21.9. The number of aryl methyl sites for hydroxylation is 1. The van der Waals surface area contributed by atoms with Crippen LogP contribution in [0.5, 0.6) is 0 Å². The molecular formula is C20H17N5O11S3. The summed E-state index contributed by atoms with van der Waals surface area (Å²) in [5.41, 5.74) is -1.74. The highest BCUT2D eigenvalue weighted by atomic mass is 32.2. The van der Waals surface area contributed by atoms with E-state index in [2.05, 4.69) is 27.3 Å². The summed E-state index contributed by atoms with van der Waals surface area (Å²) in [6.07, 6.45) is 0. The molecule has 0 radical (unpaired) electrons. The van der Waals surface area contributed by atoms with E-state index in [9.17, 15) is 49.0 Å². The minimum Gasteiger partial charge on any atom is -0.353 e. The van der Waals surface area contributed by atoms with Crippen molar-refractivity contribution in [1.82, 2.24) is 0 Å². The molecule has 0 saturated heterocycles. The molecule has 3 rings (SSSR count). The van der Waals surface area contributed by atoms with E-state index in [0.29, 0.717) is 29.4 Å². The van der Waals surface area contributed by atoms with Crippen molar-refractivity contribution in [3.8, 4) is 0 Å². The summed E-state index contributed by atoms with van der Waals surface area (Å²) in [6.45, 7) is 4.98. The van der Waals surface area contributed by atoms with Gasteiger partial charge in [-0.25, -0.2) is 0 Å². The van der Waals surface area contributed by atoms with E-state index in [1.54, 1.807) is 13.0 Å². The van der Waals surface area contributed by atoms with Gasteiger partial charge in [-0.1, -0.05) is 0 Å². The Bertz CT molecular complexity index is 1870. The Morgan fingerprint density at radius 1 is 0.769 bits per heavy atom. The Labute approximate surface area is 221 Å². The quantitative estimate of drug-likeness (QED) is 0.0889. The van der Waals surface area contributed by atoms with Gasteiger partial charge in [-0.2, -0.15) is 30.4 Å². The monoisotopic (exact) mass is 599 g/mol. The number of nitro groups is 1. The van der Waals surface area contributed by atoms with Crippen LogP contribution in [-0.4, -0.2) is 50.6 Å². The maximum atomic E-state index is 12.1. The maximum absolute atomic E-state index is 12.1. The SMILES string of the molecule is C=Nc1ccc(N=Nc2cc(S(=O)(=O)O)c(Nc3ccc([N+](=O)[O-])cc3S(=O)(=O)O)cc2S(=O)(=O)O)c(C)c1. The van der Waals surface area contributed by atoms with Crippen LogP contribution in [-0.2, 0) is 30.4 Å². The average molecular weight is 600 g/mol. The van der Waals surface area contributed by atoms with Crippen LogP contribution in [0.1, 0.15) is 5.56 Å². The van der Waals surface area contributed by atoms with Crippen molar-refractivity contribution < 1.29 is 43.8 Å². The van der Waals surface area contributed by atoms with Gasteiger partial charge in [0.2, 0.25) is 0 Å². The number of rotatable bonds is 9. The summed E-state index contributed by atoms with van der Waals surface area (Å²) < 4.78 is 101. The molecule has 0 bridgehead atoms. The summed E-state index contributed by atoms with van der Waals surface area (Å²) in [5, 5.41) is 20.8. The zero-order valence-electron chi connectivity index (χ0n) is 19.4. The summed E-state index contributed by atoms with van der Waals surface area (Å²) >= 11 is 0. The van der Waals surface area contributed by atoms with Gasteiger partial charge in [0.05, 0.1) is 27.7 Å². The molecule has 0 fully saturated rings. The number of hydrogen-bond donors (Lipinski definition) is 4. The number of anilines is 2. The molecule has 0 aromatic heterocycles. The Morgan fingerprint density at radius 3 is 1.85 bits per heavy atom. The molecule has 0 aliphatic carbocycles. The Morgan fingerprint density at radius 2 is 1.33 bits per heavy atom. The highest BCUT2D eigenvalue weighted by Crippen LogP contribution is 2.38. The molecule has 0 aliphatic heterocycles. The lowest BCUT2D eigenvalue weighted by Gasteiger charge is -2.15. The fourth-order valence-electron chi connectivity index (χ4n) is 3.19. The molecular weight excluding hydrogens is 582 g/mol. The zero-order chi connectivity index (χ0) is 29.3. The van der Waals surface area contributed by atoms with Crippen LogP contribution < -0.4 is 5.32 Å². The van der Waals surface area contributed by atoms with Crippen molar-refractivity contribution in [2.45, 2.75) is 21.6 Å².